The van der Waals surface area contributed by atoms with Crippen LogP contribution in [0.4, 0.5) is 0 Å². The first-order valence-corrected chi connectivity index (χ1v) is 11.7. The fourth-order valence-electron chi connectivity index (χ4n) is 4.21. The van der Waals surface area contributed by atoms with Gasteiger partial charge in [0.1, 0.15) is 18.3 Å². The normalized spacial score (nSPS) is 21.9. The van der Waals surface area contributed by atoms with Crippen molar-refractivity contribution in [3.8, 4) is 17.7 Å². The number of ether oxygens (including phenoxy) is 3. The lowest BCUT2D eigenvalue weighted by molar-refractivity contribution is -0.138. The highest BCUT2D eigenvalue weighted by Crippen LogP contribution is 2.28. The van der Waals surface area contributed by atoms with E-state index in [1.54, 1.807) is 43.1 Å². The predicted molar refractivity (Wildman–Crippen MR) is 125 cm³/mol. The standard InChI is InChI=1S/C25H35N3O6/c1-17-14-28(18(2)16-29)25(31)21-12-19(6-5-9-32-4)13-26-23(21)34-22(17)15-27(3)24(30)20-7-10-33-11-8-20/h12-13,17-18,20,22,29H,7-11,14-16H2,1-4H3/t17-,18-,22-/m0/s1. The molecule has 0 spiro atoms. The van der Waals surface area contributed by atoms with E-state index in [0.29, 0.717) is 37.4 Å². The van der Waals surface area contributed by atoms with E-state index in [0.717, 1.165) is 12.8 Å². The molecule has 1 N–H and O–H groups in total. The van der Waals surface area contributed by atoms with Crippen molar-refractivity contribution >= 4 is 11.8 Å². The Balaban J connectivity index is 1.88. The molecular formula is C25H35N3O6. The molecule has 3 atom stereocenters. The molecule has 3 rings (SSSR count). The van der Waals surface area contributed by atoms with Gasteiger partial charge in [0.2, 0.25) is 11.8 Å². The largest absolute Gasteiger partial charge is 0.472 e. The predicted octanol–water partition coefficient (Wildman–Crippen LogP) is 1.18. The molecule has 1 fully saturated rings. The van der Waals surface area contributed by atoms with Crippen LogP contribution in [0, 0.1) is 23.7 Å². The number of carbonyl (C=O) groups is 2. The van der Waals surface area contributed by atoms with E-state index in [1.165, 1.54) is 0 Å². The Morgan fingerprint density at radius 1 is 1.41 bits per heavy atom. The Morgan fingerprint density at radius 3 is 2.82 bits per heavy atom. The third-order valence-electron chi connectivity index (χ3n) is 6.37. The Kier molecular flexibility index (Phi) is 9.28. The smallest absolute Gasteiger partial charge is 0.259 e. The third kappa shape index (κ3) is 6.26. The van der Waals surface area contributed by atoms with Gasteiger partial charge in [0.05, 0.1) is 19.2 Å². The van der Waals surface area contributed by atoms with Crippen LogP contribution in [0.1, 0.15) is 42.6 Å². The molecule has 186 valence electrons. The second-order valence-electron chi connectivity index (χ2n) is 9.04. The van der Waals surface area contributed by atoms with Crippen LogP contribution in [-0.2, 0) is 14.3 Å². The first kappa shape index (κ1) is 25.9. The van der Waals surface area contributed by atoms with Gasteiger partial charge in [-0.05, 0) is 25.8 Å². The van der Waals surface area contributed by atoms with Gasteiger partial charge in [-0.3, -0.25) is 9.59 Å². The van der Waals surface area contributed by atoms with Crippen LogP contribution in [-0.4, -0.2) is 97.5 Å². The van der Waals surface area contributed by atoms with Crippen LogP contribution < -0.4 is 4.74 Å². The van der Waals surface area contributed by atoms with Gasteiger partial charge in [-0.15, -0.1) is 0 Å². The highest BCUT2D eigenvalue weighted by molar-refractivity contribution is 5.97. The number of methoxy groups -OCH3 is 1. The van der Waals surface area contributed by atoms with E-state index in [9.17, 15) is 14.7 Å². The van der Waals surface area contributed by atoms with Gasteiger partial charge < -0.3 is 29.1 Å². The Bertz CT molecular complexity index is 921. The summed E-state index contributed by atoms with van der Waals surface area (Å²) >= 11 is 0. The first-order chi connectivity index (χ1) is 16.3. The molecular weight excluding hydrogens is 438 g/mol. The summed E-state index contributed by atoms with van der Waals surface area (Å²) in [4.78, 5) is 34.2. The summed E-state index contributed by atoms with van der Waals surface area (Å²) in [7, 11) is 3.35. The van der Waals surface area contributed by atoms with Crippen molar-refractivity contribution in [2.75, 3.05) is 53.7 Å². The average Bonchev–Trinajstić information content (AvgIpc) is 2.86. The first-order valence-electron chi connectivity index (χ1n) is 11.7. The minimum atomic E-state index is -0.383. The molecule has 0 bridgehead atoms. The van der Waals surface area contributed by atoms with Gasteiger partial charge in [-0.25, -0.2) is 4.98 Å². The molecule has 0 aliphatic carbocycles. The zero-order chi connectivity index (χ0) is 24.7. The van der Waals surface area contributed by atoms with Crippen LogP contribution in [0.25, 0.3) is 0 Å². The number of fused-ring (bicyclic) bond motifs is 1. The van der Waals surface area contributed by atoms with Gasteiger partial charge in [0, 0.05) is 57.5 Å². The van der Waals surface area contributed by atoms with Gasteiger partial charge in [0.15, 0.2) is 0 Å². The van der Waals surface area contributed by atoms with Crippen LogP contribution in [0.5, 0.6) is 5.88 Å². The minimum absolute atomic E-state index is 0.0475. The Hall–Kier alpha value is -2.67. The van der Waals surface area contributed by atoms with Gasteiger partial charge in [0.25, 0.3) is 5.91 Å². The van der Waals surface area contributed by atoms with Crippen molar-refractivity contribution in [3.63, 3.8) is 0 Å². The minimum Gasteiger partial charge on any atom is -0.472 e. The molecule has 0 aromatic carbocycles. The van der Waals surface area contributed by atoms with Gasteiger partial charge in [-0.2, -0.15) is 0 Å². The molecule has 2 aliphatic heterocycles. The average molecular weight is 474 g/mol. The molecule has 9 nitrogen and oxygen atoms in total. The summed E-state index contributed by atoms with van der Waals surface area (Å²) in [6.07, 6.45) is 2.62. The molecule has 3 heterocycles. The number of amides is 2. The van der Waals surface area contributed by atoms with E-state index < -0.39 is 0 Å². The summed E-state index contributed by atoms with van der Waals surface area (Å²) in [6, 6.07) is 1.28. The van der Waals surface area contributed by atoms with E-state index in [4.69, 9.17) is 14.2 Å². The lowest BCUT2D eigenvalue weighted by Gasteiger charge is -2.38. The number of aromatic nitrogens is 1. The number of aliphatic hydroxyl groups is 1. The Morgan fingerprint density at radius 2 is 2.15 bits per heavy atom. The van der Waals surface area contributed by atoms with Gasteiger partial charge >= 0.3 is 0 Å². The zero-order valence-electron chi connectivity index (χ0n) is 20.5. The maximum absolute atomic E-state index is 13.4. The van der Waals surface area contributed by atoms with Crippen LogP contribution in [0.2, 0.25) is 0 Å². The molecule has 0 unspecified atom stereocenters. The van der Waals surface area contributed by atoms with Crippen molar-refractivity contribution in [1.29, 1.82) is 0 Å². The number of pyridine rings is 1. The summed E-state index contributed by atoms with van der Waals surface area (Å²) in [5.41, 5.74) is 0.862. The summed E-state index contributed by atoms with van der Waals surface area (Å²) in [6.45, 7) is 5.83. The number of nitrogens with zero attached hydrogens (tertiary/aromatic N) is 3. The van der Waals surface area contributed by atoms with Crippen LogP contribution >= 0.6 is 0 Å². The second kappa shape index (κ2) is 12.2. The van der Waals surface area contributed by atoms with Crippen LogP contribution in [0.3, 0.4) is 0 Å². The fraction of sp³-hybridized carbons (Fsp3) is 0.640. The molecule has 1 aromatic heterocycles. The number of aliphatic hydroxyl groups excluding tert-OH is 1. The molecule has 2 aliphatic rings. The highest BCUT2D eigenvalue weighted by atomic mass is 16.5. The lowest BCUT2D eigenvalue weighted by Crippen LogP contribution is -2.51. The molecule has 0 radical (unpaired) electrons. The molecule has 34 heavy (non-hydrogen) atoms. The Labute approximate surface area is 201 Å². The molecule has 2 amide bonds. The van der Waals surface area contributed by atoms with Crippen molar-refractivity contribution in [3.05, 3.63) is 23.4 Å². The highest BCUT2D eigenvalue weighted by Gasteiger charge is 2.35. The maximum atomic E-state index is 13.4. The lowest BCUT2D eigenvalue weighted by atomic mass is 9.97. The van der Waals surface area contributed by atoms with Crippen molar-refractivity contribution in [2.24, 2.45) is 11.8 Å². The molecule has 1 aromatic rings. The fourth-order valence-corrected chi connectivity index (χ4v) is 4.21. The van der Waals surface area contributed by atoms with Crippen LogP contribution in [0.15, 0.2) is 12.3 Å². The number of hydrogen-bond acceptors (Lipinski definition) is 7. The van der Waals surface area contributed by atoms with Crippen molar-refractivity contribution in [2.45, 2.75) is 38.8 Å². The van der Waals surface area contributed by atoms with E-state index in [-0.39, 0.29) is 54.9 Å². The number of hydrogen-bond donors (Lipinski definition) is 1. The molecule has 9 heteroatoms. The summed E-state index contributed by atoms with van der Waals surface area (Å²) in [5.74, 6) is 5.67. The number of rotatable bonds is 6. The van der Waals surface area contributed by atoms with Crippen molar-refractivity contribution < 1.29 is 28.9 Å². The third-order valence-corrected chi connectivity index (χ3v) is 6.37. The second-order valence-corrected chi connectivity index (χ2v) is 9.04. The number of likely N-dealkylation sites (N-methyl/N-ethyl adjacent to an activating group) is 1. The van der Waals surface area contributed by atoms with E-state index in [2.05, 4.69) is 16.8 Å². The molecule has 1 saturated heterocycles. The molecule has 0 saturated carbocycles. The summed E-state index contributed by atoms with van der Waals surface area (Å²) < 4.78 is 16.6. The monoisotopic (exact) mass is 473 g/mol. The van der Waals surface area contributed by atoms with Gasteiger partial charge in [-0.1, -0.05) is 18.8 Å². The SMILES string of the molecule is COCC#Cc1cnc2c(c1)C(=O)N([C@@H](C)CO)C[C@H](C)[C@H](CN(C)C(=O)C1CCOCC1)O2. The quantitative estimate of drug-likeness (QED) is 0.619. The zero-order valence-corrected chi connectivity index (χ0v) is 20.5. The number of carbonyl (C=O) groups excluding carboxylic acids is 2. The van der Waals surface area contributed by atoms with E-state index in [1.807, 2.05) is 6.92 Å². The van der Waals surface area contributed by atoms with E-state index >= 15 is 0 Å². The summed E-state index contributed by atoms with van der Waals surface area (Å²) in [5, 5.41) is 9.79. The van der Waals surface area contributed by atoms with Crippen molar-refractivity contribution in [1.82, 2.24) is 14.8 Å². The topological polar surface area (TPSA) is 101 Å². The maximum Gasteiger partial charge on any atom is 0.259 e.